The number of carbonyl (C=O) groups excluding carboxylic acids is 1. The van der Waals surface area contributed by atoms with Gasteiger partial charge in [-0.25, -0.2) is 0 Å². The van der Waals surface area contributed by atoms with Gasteiger partial charge in [0, 0.05) is 24.4 Å². The number of rotatable bonds is 4. The molecule has 6 heteroatoms. The fourth-order valence-electron chi connectivity index (χ4n) is 1.63. The van der Waals surface area contributed by atoms with Crippen LogP contribution in [0.3, 0.4) is 0 Å². The molecule has 0 fully saturated rings. The van der Waals surface area contributed by atoms with Crippen LogP contribution >= 0.6 is 0 Å². The molecule has 3 nitrogen and oxygen atoms in total. The maximum Gasteiger partial charge on any atom is 0.573 e. The lowest BCUT2D eigenvalue weighted by Crippen LogP contribution is -2.17. The minimum Gasteiger partial charge on any atom is -0.406 e. The van der Waals surface area contributed by atoms with Crippen molar-refractivity contribution >= 4 is 5.78 Å². The minimum atomic E-state index is -4.73. The van der Waals surface area contributed by atoms with E-state index in [4.69, 9.17) is 0 Å². The van der Waals surface area contributed by atoms with Crippen LogP contribution < -0.4 is 4.74 Å². The summed E-state index contributed by atoms with van der Waals surface area (Å²) in [6, 6.07) is 8.27. The van der Waals surface area contributed by atoms with Gasteiger partial charge < -0.3 is 4.74 Å². The van der Waals surface area contributed by atoms with Gasteiger partial charge in [-0.2, -0.15) is 0 Å². The summed E-state index contributed by atoms with van der Waals surface area (Å²) in [7, 11) is 0. The zero-order valence-corrected chi connectivity index (χ0v) is 10.2. The summed E-state index contributed by atoms with van der Waals surface area (Å²) in [5.41, 5.74) is 1.12. The molecule has 1 aromatic heterocycles. The third kappa shape index (κ3) is 4.08. The summed E-state index contributed by atoms with van der Waals surface area (Å²) >= 11 is 0. The quantitative estimate of drug-likeness (QED) is 0.806. The number of nitrogens with zero attached hydrogens (tertiary/aromatic N) is 1. The lowest BCUT2D eigenvalue weighted by Gasteiger charge is -2.09. The Balaban J connectivity index is 2.04. The second kappa shape index (κ2) is 5.73. The Morgan fingerprint density at radius 2 is 1.65 bits per heavy atom. The summed E-state index contributed by atoms with van der Waals surface area (Å²) in [4.78, 5) is 15.8. The molecule has 20 heavy (non-hydrogen) atoms. The summed E-state index contributed by atoms with van der Waals surface area (Å²) in [5.74, 6) is -0.535. The highest BCUT2D eigenvalue weighted by Gasteiger charge is 2.31. The highest BCUT2D eigenvalue weighted by molar-refractivity contribution is 5.97. The van der Waals surface area contributed by atoms with Crippen LogP contribution in [0.4, 0.5) is 13.2 Å². The predicted molar refractivity (Wildman–Crippen MR) is 65.4 cm³/mol. The molecule has 1 heterocycles. The van der Waals surface area contributed by atoms with E-state index in [1.165, 1.54) is 12.1 Å². The number of alkyl halides is 3. The van der Waals surface area contributed by atoms with Gasteiger partial charge in [-0.15, -0.1) is 13.2 Å². The summed E-state index contributed by atoms with van der Waals surface area (Å²) in [6.07, 6.45) is -1.42. The average molecular weight is 281 g/mol. The number of Topliss-reactive ketones (excluding diaryl/α,β-unsaturated/α-hetero) is 1. The number of ether oxygens (including phenoxy) is 1. The molecule has 1 aromatic carbocycles. The topological polar surface area (TPSA) is 39.2 Å². The van der Waals surface area contributed by atoms with Crippen molar-refractivity contribution in [1.82, 2.24) is 4.98 Å². The van der Waals surface area contributed by atoms with Crippen molar-refractivity contribution in [2.45, 2.75) is 12.8 Å². The molecule has 0 aliphatic rings. The smallest absolute Gasteiger partial charge is 0.406 e. The first-order valence-corrected chi connectivity index (χ1v) is 5.72. The normalized spacial score (nSPS) is 11.2. The van der Waals surface area contributed by atoms with Crippen molar-refractivity contribution in [1.29, 1.82) is 0 Å². The SMILES string of the molecule is O=C(Cc1ccncc1)c1ccc(OC(F)(F)F)cc1. The van der Waals surface area contributed by atoms with Crippen LogP contribution in [0.1, 0.15) is 15.9 Å². The molecule has 2 aromatic rings. The number of benzene rings is 1. The number of halogens is 3. The molecule has 0 saturated carbocycles. The maximum absolute atomic E-state index is 12.0. The van der Waals surface area contributed by atoms with Crippen molar-refractivity contribution in [3.63, 3.8) is 0 Å². The van der Waals surface area contributed by atoms with Gasteiger partial charge in [-0.1, -0.05) is 0 Å². The number of hydrogen-bond acceptors (Lipinski definition) is 3. The summed E-state index contributed by atoms with van der Waals surface area (Å²) in [5, 5.41) is 0. The van der Waals surface area contributed by atoms with Crippen molar-refractivity contribution in [3.05, 3.63) is 59.9 Å². The molecule has 0 bridgehead atoms. The lowest BCUT2D eigenvalue weighted by atomic mass is 10.0. The molecule has 0 aliphatic heterocycles. The molecule has 0 N–H and O–H groups in total. The average Bonchev–Trinajstić information content (AvgIpc) is 2.39. The standard InChI is InChI=1S/C14H10F3NO2/c15-14(16,17)20-12-3-1-11(2-4-12)13(19)9-10-5-7-18-8-6-10/h1-8H,9H2. The Labute approximate surface area is 113 Å². The van der Waals surface area contributed by atoms with Gasteiger partial charge in [0.05, 0.1) is 0 Å². The van der Waals surface area contributed by atoms with Gasteiger partial charge in [0.2, 0.25) is 0 Å². The van der Waals surface area contributed by atoms with Crippen LogP contribution in [0.2, 0.25) is 0 Å². The number of hydrogen-bond donors (Lipinski definition) is 0. The van der Waals surface area contributed by atoms with Gasteiger partial charge in [-0.3, -0.25) is 9.78 Å². The van der Waals surface area contributed by atoms with E-state index in [0.717, 1.165) is 17.7 Å². The third-order valence-electron chi connectivity index (χ3n) is 2.52. The van der Waals surface area contributed by atoms with E-state index in [0.29, 0.717) is 5.56 Å². The van der Waals surface area contributed by atoms with Crippen LogP contribution in [-0.2, 0) is 6.42 Å². The molecular weight excluding hydrogens is 271 g/mol. The van der Waals surface area contributed by atoms with Gasteiger partial charge in [0.25, 0.3) is 0 Å². The summed E-state index contributed by atoms with van der Waals surface area (Å²) < 4.78 is 39.7. The first-order chi connectivity index (χ1) is 9.44. The largest absolute Gasteiger partial charge is 0.573 e. The highest BCUT2D eigenvalue weighted by Crippen LogP contribution is 2.23. The Morgan fingerprint density at radius 3 is 2.20 bits per heavy atom. The zero-order valence-electron chi connectivity index (χ0n) is 10.2. The second-order valence-electron chi connectivity index (χ2n) is 4.03. The van der Waals surface area contributed by atoms with Crippen molar-refractivity contribution in [2.24, 2.45) is 0 Å². The van der Waals surface area contributed by atoms with Crippen LogP contribution in [-0.4, -0.2) is 17.1 Å². The van der Waals surface area contributed by atoms with Gasteiger partial charge in [0.15, 0.2) is 5.78 Å². The van der Waals surface area contributed by atoms with Crippen LogP contribution in [0.5, 0.6) is 5.75 Å². The first kappa shape index (κ1) is 14.0. The predicted octanol–water partition coefficient (Wildman–Crippen LogP) is 3.41. The fraction of sp³-hybridized carbons (Fsp3) is 0.143. The third-order valence-corrected chi connectivity index (χ3v) is 2.52. The minimum absolute atomic E-state index is 0.169. The second-order valence-corrected chi connectivity index (χ2v) is 4.03. The van der Waals surface area contributed by atoms with Crippen LogP contribution in [0.15, 0.2) is 48.8 Å². The Hall–Kier alpha value is -2.37. The molecule has 2 rings (SSSR count). The van der Waals surface area contributed by atoms with Crippen molar-refractivity contribution in [2.75, 3.05) is 0 Å². The Kier molecular flexibility index (Phi) is 4.02. The van der Waals surface area contributed by atoms with Crippen molar-refractivity contribution < 1.29 is 22.7 Å². The van der Waals surface area contributed by atoms with E-state index in [2.05, 4.69) is 9.72 Å². The van der Waals surface area contributed by atoms with Gasteiger partial charge in [-0.05, 0) is 42.0 Å². The molecule has 0 amide bonds. The van der Waals surface area contributed by atoms with E-state index >= 15 is 0 Å². The highest BCUT2D eigenvalue weighted by atomic mass is 19.4. The van der Waals surface area contributed by atoms with Crippen LogP contribution in [0, 0.1) is 0 Å². The molecule has 0 atom stereocenters. The molecule has 0 aliphatic carbocycles. The Bertz CT molecular complexity index is 580. The number of ketones is 1. The lowest BCUT2D eigenvalue weighted by molar-refractivity contribution is -0.274. The maximum atomic E-state index is 12.0. The van der Waals surface area contributed by atoms with E-state index < -0.39 is 6.36 Å². The number of pyridine rings is 1. The van der Waals surface area contributed by atoms with E-state index in [-0.39, 0.29) is 18.0 Å². The molecule has 0 radical (unpaired) electrons. The van der Waals surface area contributed by atoms with Crippen LogP contribution in [0.25, 0.3) is 0 Å². The molecular formula is C14H10F3NO2. The Morgan fingerprint density at radius 1 is 1.05 bits per heavy atom. The monoisotopic (exact) mass is 281 g/mol. The zero-order chi connectivity index (χ0) is 14.6. The molecule has 0 spiro atoms. The van der Waals surface area contributed by atoms with Crippen molar-refractivity contribution in [3.8, 4) is 5.75 Å². The molecule has 0 unspecified atom stereocenters. The summed E-state index contributed by atoms with van der Waals surface area (Å²) in [6.45, 7) is 0. The van der Waals surface area contributed by atoms with E-state index in [1.807, 2.05) is 0 Å². The van der Waals surface area contributed by atoms with E-state index in [1.54, 1.807) is 24.5 Å². The molecule has 104 valence electrons. The first-order valence-electron chi connectivity index (χ1n) is 5.72. The van der Waals surface area contributed by atoms with Gasteiger partial charge in [0.1, 0.15) is 5.75 Å². The number of aromatic nitrogens is 1. The fourth-order valence-corrected chi connectivity index (χ4v) is 1.63. The van der Waals surface area contributed by atoms with Gasteiger partial charge >= 0.3 is 6.36 Å². The number of carbonyl (C=O) groups is 1. The van der Waals surface area contributed by atoms with E-state index in [9.17, 15) is 18.0 Å². The molecule has 0 saturated heterocycles.